The molecule has 0 amide bonds. The van der Waals surface area contributed by atoms with Gasteiger partial charge in [-0.25, -0.2) is 0 Å². The Morgan fingerprint density at radius 1 is 0.914 bits per heavy atom. The van der Waals surface area contributed by atoms with Gasteiger partial charge in [0, 0.05) is 29.0 Å². The molecule has 0 aromatic heterocycles. The maximum Gasteiger partial charge on any atom is 0.271 e. The summed E-state index contributed by atoms with van der Waals surface area (Å²) in [6, 6.07) is 11.8. The number of nitro benzene ring substituents is 1. The first-order valence-corrected chi connectivity index (χ1v) is 13.4. The highest BCUT2D eigenvalue weighted by atomic mass is 79.9. The largest absolute Gasteiger partial charge is 0.504 e. The molecule has 0 unspecified atom stereocenters. The van der Waals surface area contributed by atoms with Crippen LogP contribution in [0.25, 0.3) is 10.8 Å². The number of rotatable bonds is 13. The number of benzene rings is 3. The lowest BCUT2D eigenvalue weighted by Gasteiger charge is -2.12. The molecule has 0 aliphatic rings. The van der Waals surface area contributed by atoms with E-state index in [4.69, 9.17) is 4.74 Å². The maximum atomic E-state index is 11.1. The fourth-order valence-electron chi connectivity index (χ4n) is 3.78. The molecule has 0 bridgehead atoms. The summed E-state index contributed by atoms with van der Waals surface area (Å²) in [6.07, 6.45) is 9.61. The zero-order valence-corrected chi connectivity index (χ0v) is 22.8. The highest BCUT2D eigenvalue weighted by Gasteiger charge is 2.15. The number of ether oxygens (including phenoxy) is 1. The van der Waals surface area contributed by atoms with Crippen LogP contribution in [0.2, 0.25) is 0 Å². The third kappa shape index (κ3) is 7.48. The number of halogens is 2. The van der Waals surface area contributed by atoms with Gasteiger partial charge in [-0.15, -0.1) is 10.2 Å². The van der Waals surface area contributed by atoms with E-state index in [9.17, 15) is 15.2 Å². The molecule has 7 nitrogen and oxygen atoms in total. The Balaban J connectivity index is 1.75. The number of phenols is 1. The molecule has 3 aromatic rings. The van der Waals surface area contributed by atoms with E-state index in [1.807, 2.05) is 24.3 Å². The zero-order chi connectivity index (χ0) is 25.2. The number of non-ortho nitro benzene ring substituents is 1. The molecule has 0 saturated carbocycles. The third-order valence-corrected chi connectivity index (χ3v) is 6.89. The van der Waals surface area contributed by atoms with Crippen LogP contribution >= 0.6 is 31.9 Å². The Morgan fingerprint density at radius 2 is 1.51 bits per heavy atom. The van der Waals surface area contributed by atoms with E-state index in [2.05, 4.69) is 49.0 Å². The number of nitrogens with zero attached hydrogens (tertiary/aromatic N) is 3. The second-order valence-corrected chi connectivity index (χ2v) is 10.0. The average Bonchev–Trinajstić information content (AvgIpc) is 2.84. The lowest BCUT2D eigenvalue weighted by Crippen LogP contribution is -1.98. The van der Waals surface area contributed by atoms with Gasteiger partial charge in [0.15, 0.2) is 11.5 Å². The average molecular weight is 607 g/mol. The molecule has 0 aliphatic carbocycles. The summed E-state index contributed by atoms with van der Waals surface area (Å²) in [5.74, 6) is 0.444. The smallest absolute Gasteiger partial charge is 0.271 e. The molecule has 0 atom stereocenters. The molecule has 186 valence electrons. The summed E-state index contributed by atoms with van der Waals surface area (Å²) in [4.78, 5) is 10.6. The van der Waals surface area contributed by atoms with Crippen LogP contribution in [0.1, 0.15) is 58.3 Å². The Morgan fingerprint density at radius 3 is 2.14 bits per heavy atom. The molecule has 0 radical (unpaired) electrons. The van der Waals surface area contributed by atoms with Crippen LogP contribution in [0.4, 0.5) is 17.1 Å². The lowest BCUT2D eigenvalue weighted by molar-refractivity contribution is -0.385. The standard InChI is InChI=1S/C26H29Br2N3O4/c1-2-3-4-5-6-7-8-11-14-35-24-17-23(19-12-9-10-13-20(19)26(24)32)29-30-25-21(27)15-18(31(33)34)16-22(25)28/h9-10,12-13,15-17,32H,2-8,11,14H2,1H3/b30-29+. The van der Waals surface area contributed by atoms with Gasteiger partial charge in [-0.05, 0) is 38.3 Å². The summed E-state index contributed by atoms with van der Waals surface area (Å²) in [7, 11) is 0. The SMILES string of the molecule is CCCCCCCCCCOc1cc(/N=N/c2c(Br)cc([N+](=O)[O-])cc2Br)c2ccccc2c1O. The van der Waals surface area contributed by atoms with Crippen molar-refractivity contribution < 1.29 is 14.8 Å². The quantitative estimate of drug-likeness (QED) is 0.0905. The van der Waals surface area contributed by atoms with Crippen LogP contribution in [-0.4, -0.2) is 16.6 Å². The Bertz CT molecular complexity index is 1180. The molecular weight excluding hydrogens is 578 g/mol. The summed E-state index contributed by atoms with van der Waals surface area (Å²) in [5, 5.41) is 31.9. The van der Waals surface area contributed by atoms with Gasteiger partial charge in [0.25, 0.3) is 5.69 Å². The van der Waals surface area contributed by atoms with Crippen molar-refractivity contribution in [1.82, 2.24) is 0 Å². The molecule has 9 heteroatoms. The molecule has 3 aromatic carbocycles. The van der Waals surface area contributed by atoms with Crippen LogP contribution in [-0.2, 0) is 0 Å². The van der Waals surface area contributed by atoms with Crippen LogP contribution in [0.5, 0.6) is 11.5 Å². The van der Waals surface area contributed by atoms with Gasteiger partial charge in [0.05, 0.1) is 26.2 Å². The van der Waals surface area contributed by atoms with E-state index in [0.29, 0.717) is 38.1 Å². The molecule has 3 rings (SSSR count). The predicted octanol–water partition coefficient (Wildman–Crippen LogP) is 9.91. The first-order chi connectivity index (χ1) is 16.9. The van der Waals surface area contributed by atoms with Crippen molar-refractivity contribution in [2.75, 3.05) is 6.61 Å². The highest BCUT2D eigenvalue weighted by Crippen LogP contribution is 2.43. The number of aromatic hydroxyl groups is 1. The van der Waals surface area contributed by atoms with Crippen molar-refractivity contribution >= 4 is 59.7 Å². The summed E-state index contributed by atoms with van der Waals surface area (Å²) in [6.45, 7) is 2.73. The minimum absolute atomic E-state index is 0.0607. The fraction of sp³-hybridized carbons (Fsp3) is 0.385. The number of nitro groups is 1. The van der Waals surface area contributed by atoms with Gasteiger partial charge < -0.3 is 9.84 Å². The second-order valence-electron chi connectivity index (χ2n) is 8.33. The van der Waals surface area contributed by atoms with Crippen LogP contribution < -0.4 is 4.74 Å². The number of unbranched alkanes of at least 4 members (excludes halogenated alkanes) is 7. The van der Waals surface area contributed by atoms with E-state index in [0.717, 1.165) is 18.2 Å². The molecule has 1 N–H and O–H groups in total. The normalized spacial score (nSPS) is 11.4. The van der Waals surface area contributed by atoms with Gasteiger partial charge in [-0.3, -0.25) is 10.1 Å². The van der Waals surface area contributed by atoms with Gasteiger partial charge in [-0.1, -0.05) is 76.1 Å². The minimum Gasteiger partial charge on any atom is -0.504 e. The number of fused-ring (bicyclic) bond motifs is 1. The van der Waals surface area contributed by atoms with E-state index < -0.39 is 4.92 Å². The minimum atomic E-state index is -0.472. The van der Waals surface area contributed by atoms with Crippen LogP contribution in [0, 0.1) is 10.1 Å². The number of hydrogen-bond donors (Lipinski definition) is 1. The number of azo groups is 1. The maximum absolute atomic E-state index is 11.1. The topological polar surface area (TPSA) is 97.3 Å². The van der Waals surface area contributed by atoms with Crippen LogP contribution in [0.15, 0.2) is 61.6 Å². The highest BCUT2D eigenvalue weighted by molar-refractivity contribution is 9.11. The molecule has 0 spiro atoms. The van der Waals surface area contributed by atoms with Crippen LogP contribution in [0.3, 0.4) is 0 Å². The van der Waals surface area contributed by atoms with E-state index in [-0.39, 0.29) is 11.4 Å². The first-order valence-electron chi connectivity index (χ1n) is 11.8. The Kier molecular flexibility index (Phi) is 10.5. The van der Waals surface area contributed by atoms with Gasteiger partial charge >= 0.3 is 0 Å². The zero-order valence-electron chi connectivity index (χ0n) is 19.7. The molecule has 35 heavy (non-hydrogen) atoms. The monoisotopic (exact) mass is 605 g/mol. The molecule has 0 aliphatic heterocycles. The van der Waals surface area contributed by atoms with Crippen molar-refractivity contribution in [3.8, 4) is 11.5 Å². The Labute approximate surface area is 222 Å². The summed E-state index contributed by atoms with van der Waals surface area (Å²) >= 11 is 6.67. The molecule has 0 saturated heterocycles. The van der Waals surface area contributed by atoms with Gasteiger partial charge in [-0.2, -0.15) is 0 Å². The van der Waals surface area contributed by atoms with Crippen molar-refractivity contribution in [2.45, 2.75) is 58.3 Å². The second kappa shape index (κ2) is 13.5. The molecular formula is C26H29Br2N3O4. The van der Waals surface area contributed by atoms with Gasteiger partial charge in [0.1, 0.15) is 5.69 Å². The van der Waals surface area contributed by atoms with Crippen molar-refractivity contribution in [1.29, 1.82) is 0 Å². The van der Waals surface area contributed by atoms with E-state index in [1.54, 1.807) is 6.07 Å². The molecule has 0 heterocycles. The summed E-state index contributed by atoms with van der Waals surface area (Å²) in [5.41, 5.74) is 0.894. The number of phenolic OH excluding ortho intramolecular Hbond substituents is 1. The Hall–Kier alpha value is -2.52. The third-order valence-electron chi connectivity index (χ3n) is 5.69. The molecule has 0 fully saturated rings. The van der Waals surface area contributed by atoms with E-state index in [1.165, 1.54) is 50.7 Å². The lowest BCUT2D eigenvalue weighted by atomic mass is 10.1. The van der Waals surface area contributed by atoms with E-state index >= 15 is 0 Å². The fourth-order valence-corrected chi connectivity index (χ4v) is 5.10. The first kappa shape index (κ1) is 27.1. The van der Waals surface area contributed by atoms with Gasteiger partial charge in [0.2, 0.25) is 0 Å². The summed E-state index contributed by atoms with van der Waals surface area (Å²) < 4.78 is 6.81. The van der Waals surface area contributed by atoms with Crippen molar-refractivity contribution in [3.05, 3.63) is 61.5 Å². The number of hydrogen-bond acceptors (Lipinski definition) is 6. The van der Waals surface area contributed by atoms with Crippen molar-refractivity contribution in [2.24, 2.45) is 10.2 Å². The predicted molar refractivity (Wildman–Crippen MR) is 146 cm³/mol. The van der Waals surface area contributed by atoms with Crippen molar-refractivity contribution in [3.63, 3.8) is 0 Å².